The average Bonchev–Trinajstić information content (AvgIpc) is 2.91. The molecular formula is C14H20N4O3. The van der Waals surface area contributed by atoms with E-state index in [1.165, 1.54) is 11.2 Å². The zero-order valence-electron chi connectivity index (χ0n) is 12.1. The normalized spacial score (nSPS) is 21.3. The summed E-state index contributed by atoms with van der Waals surface area (Å²) in [6, 6.07) is 1.36. The number of hydrogen-bond donors (Lipinski definition) is 2. The van der Waals surface area contributed by atoms with Crippen LogP contribution in [0.3, 0.4) is 0 Å². The fourth-order valence-electron chi connectivity index (χ4n) is 2.86. The molecule has 114 valence electrons. The van der Waals surface area contributed by atoms with Crippen LogP contribution in [-0.4, -0.2) is 44.1 Å². The van der Waals surface area contributed by atoms with Crippen LogP contribution in [0, 0.1) is 0 Å². The van der Waals surface area contributed by atoms with Gasteiger partial charge in [0.2, 0.25) is 0 Å². The second kappa shape index (κ2) is 6.51. The molecule has 0 bridgehead atoms. The number of hydrogen-bond acceptors (Lipinski definition) is 4. The van der Waals surface area contributed by atoms with Crippen LogP contribution in [0.5, 0.6) is 0 Å². The van der Waals surface area contributed by atoms with Gasteiger partial charge >= 0.3 is 12.0 Å². The number of carboxylic acids is 1. The molecule has 7 nitrogen and oxygen atoms in total. The Kier molecular flexibility index (Phi) is 4.72. The number of carboxylic acid groups (broad SMARTS) is 1. The van der Waals surface area contributed by atoms with Gasteiger partial charge in [-0.3, -0.25) is 0 Å². The number of carbonyl (C=O) groups is 2. The summed E-state index contributed by atoms with van der Waals surface area (Å²) >= 11 is 0. The number of amides is 2. The van der Waals surface area contributed by atoms with Crippen molar-refractivity contribution in [1.82, 2.24) is 20.2 Å². The standard InChI is InChI=1S/C14H20N4O3/c1-2-5-14(12(19)20)6-3-8-18(14)13(21)16-9-11-4-7-15-10-17-11/h4,7,10H,2-3,5-6,8-9H2,1H3,(H,16,21)(H,19,20). The summed E-state index contributed by atoms with van der Waals surface area (Å²) in [5, 5.41) is 12.3. The van der Waals surface area contributed by atoms with Crippen LogP contribution in [0.1, 0.15) is 38.3 Å². The van der Waals surface area contributed by atoms with Crippen molar-refractivity contribution in [3.63, 3.8) is 0 Å². The molecule has 1 saturated heterocycles. The number of likely N-dealkylation sites (tertiary alicyclic amines) is 1. The first-order chi connectivity index (χ1) is 10.1. The Morgan fingerprint density at radius 2 is 2.33 bits per heavy atom. The van der Waals surface area contributed by atoms with Crippen molar-refractivity contribution in [2.24, 2.45) is 0 Å². The van der Waals surface area contributed by atoms with Crippen LogP contribution < -0.4 is 5.32 Å². The fourth-order valence-corrected chi connectivity index (χ4v) is 2.86. The van der Waals surface area contributed by atoms with E-state index >= 15 is 0 Å². The van der Waals surface area contributed by atoms with Crippen LogP contribution in [0.2, 0.25) is 0 Å². The highest BCUT2D eigenvalue weighted by Crippen LogP contribution is 2.34. The summed E-state index contributed by atoms with van der Waals surface area (Å²) in [6.07, 6.45) is 5.44. The molecule has 1 aromatic heterocycles. The molecule has 0 radical (unpaired) electrons. The van der Waals surface area contributed by atoms with E-state index in [9.17, 15) is 14.7 Å². The second-order valence-corrected chi connectivity index (χ2v) is 5.20. The second-order valence-electron chi connectivity index (χ2n) is 5.20. The van der Waals surface area contributed by atoms with Crippen molar-refractivity contribution in [3.8, 4) is 0 Å². The van der Waals surface area contributed by atoms with E-state index < -0.39 is 11.5 Å². The zero-order valence-corrected chi connectivity index (χ0v) is 12.1. The van der Waals surface area contributed by atoms with E-state index in [2.05, 4.69) is 15.3 Å². The number of urea groups is 1. The van der Waals surface area contributed by atoms with E-state index in [0.717, 1.165) is 6.42 Å². The predicted octanol–water partition coefficient (Wildman–Crippen LogP) is 1.41. The van der Waals surface area contributed by atoms with E-state index in [-0.39, 0.29) is 12.6 Å². The highest BCUT2D eigenvalue weighted by Gasteiger charge is 2.49. The van der Waals surface area contributed by atoms with Crippen molar-refractivity contribution in [2.75, 3.05) is 6.54 Å². The van der Waals surface area contributed by atoms with Gasteiger partial charge in [0, 0.05) is 12.7 Å². The Balaban J connectivity index is 2.05. The van der Waals surface area contributed by atoms with Crippen molar-refractivity contribution in [1.29, 1.82) is 0 Å². The maximum atomic E-state index is 12.3. The summed E-state index contributed by atoms with van der Waals surface area (Å²) < 4.78 is 0. The van der Waals surface area contributed by atoms with Gasteiger partial charge in [0.15, 0.2) is 0 Å². The fraction of sp³-hybridized carbons (Fsp3) is 0.571. The summed E-state index contributed by atoms with van der Waals surface area (Å²) in [6.45, 7) is 2.67. The maximum absolute atomic E-state index is 12.3. The first-order valence-corrected chi connectivity index (χ1v) is 7.14. The van der Waals surface area contributed by atoms with Gasteiger partial charge in [0.1, 0.15) is 11.9 Å². The smallest absolute Gasteiger partial charge is 0.329 e. The molecule has 1 aromatic rings. The lowest BCUT2D eigenvalue weighted by atomic mass is 9.91. The molecule has 0 spiro atoms. The molecule has 0 aromatic carbocycles. The van der Waals surface area contributed by atoms with Crippen molar-refractivity contribution >= 4 is 12.0 Å². The van der Waals surface area contributed by atoms with Gasteiger partial charge in [0.25, 0.3) is 0 Å². The number of aliphatic carboxylic acids is 1. The molecule has 2 N–H and O–H groups in total. The van der Waals surface area contributed by atoms with E-state index in [4.69, 9.17) is 0 Å². The Morgan fingerprint density at radius 1 is 1.52 bits per heavy atom. The minimum absolute atomic E-state index is 0.264. The van der Waals surface area contributed by atoms with Crippen molar-refractivity contribution in [2.45, 2.75) is 44.7 Å². The highest BCUT2D eigenvalue weighted by atomic mass is 16.4. The molecule has 1 fully saturated rings. The van der Waals surface area contributed by atoms with Gasteiger partial charge in [-0.05, 0) is 25.3 Å². The van der Waals surface area contributed by atoms with Gasteiger partial charge in [0.05, 0.1) is 12.2 Å². The number of rotatable bonds is 5. The van der Waals surface area contributed by atoms with Gasteiger partial charge < -0.3 is 15.3 Å². The molecule has 0 aliphatic carbocycles. The molecule has 0 saturated carbocycles. The molecule has 1 unspecified atom stereocenters. The van der Waals surface area contributed by atoms with Crippen molar-refractivity contribution < 1.29 is 14.7 Å². The van der Waals surface area contributed by atoms with Crippen LogP contribution in [0.25, 0.3) is 0 Å². The largest absolute Gasteiger partial charge is 0.479 e. The summed E-state index contributed by atoms with van der Waals surface area (Å²) in [5.41, 5.74) is -0.376. The lowest BCUT2D eigenvalue weighted by Gasteiger charge is -2.34. The number of nitrogens with zero attached hydrogens (tertiary/aromatic N) is 3. The third kappa shape index (κ3) is 3.12. The quantitative estimate of drug-likeness (QED) is 0.855. The lowest BCUT2D eigenvalue weighted by molar-refractivity contribution is -0.148. The van der Waals surface area contributed by atoms with Crippen LogP contribution >= 0.6 is 0 Å². The van der Waals surface area contributed by atoms with Gasteiger partial charge in [-0.1, -0.05) is 13.3 Å². The van der Waals surface area contributed by atoms with Gasteiger partial charge in [-0.15, -0.1) is 0 Å². The SMILES string of the molecule is CCCC1(C(=O)O)CCCN1C(=O)NCc1ccncn1. The molecule has 1 atom stereocenters. The Hall–Kier alpha value is -2.18. The molecule has 21 heavy (non-hydrogen) atoms. The highest BCUT2D eigenvalue weighted by molar-refractivity contribution is 5.87. The molecule has 1 aliphatic rings. The van der Waals surface area contributed by atoms with E-state index in [1.54, 1.807) is 12.3 Å². The van der Waals surface area contributed by atoms with Crippen LogP contribution in [0.4, 0.5) is 4.79 Å². The maximum Gasteiger partial charge on any atom is 0.329 e. The first kappa shape index (κ1) is 15.2. The van der Waals surface area contributed by atoms with Crippen molar-refractivity contribution in [3.05, 3.63) is 24.3 Å². The predicted molar refractivity (Wildman–Crippen MR) is 75.5 cm³/mol. The third-order valence-electron chi connectivity index (χ3n) is 3.86. The zero-order chi connectivity index (χ0) is 15.3. The molecule has 2 heterocycles. The molecule has 1 aliphatic heterocycles. The topological polar surface area (TPSA) is 95.4 Å². The number of aromatic nitrogens is 2. The number of nitrogens with one attached hydrogen (secondary N) is 1. The molecule has 7 heteroatoms. The minimum Gasteiger partial charge on any atom is -0.479 e. The molecular weight excluding hydrogens is 272 g/mol. The third-order valence-corrected chi connectivity index (χ3v) is 3.86. The first-order valence-electron chi connectivity index (χ1n) is 7.14. The summed E-state index contributed by atoms with van der Waals surface area (Å²) in [4.78, 5) is 33.3. The average molecular weight is 292 g/mol. The Bertz CT molecular complexity index is 508. The number of carbonyl (C=O) groups excluding carboxylic acids is 1. The van der Waals surface area contributed by atoms with Gasteiger partial charge in [-0.25, -0.2) is 19.6 Å². The Labute approximate surface area is 123 Å². The molecule has 2 amide bonds. The van der Waals surface area contributed by atoms with Crippen LogP contribution in [0.15, 0.2) is 18.6 Å². The van der Waals surface area contributed by atoms with Crippen LogP contribution in [-0.2, 0) is 11.3 Å². The Morgan fingerprint density at radius 3 is 2.95 bits per heavy atom. The van der Waals surface area contributed by atoms with Gasteiger partial charge in [-0.2, -0.15) is 0 Å². The summed E-state index contributed by atoms with van der Waals surface area (Å²) in [7, 11) is 0. The minimum atomic E-state index is -1.06. The molecule has 2 rings (SSSR count). The lowest BCUT2D eigenvalue weighted by Crippen LogP contribution is -2.55. The van der Waals surface area contributed by atoms with E-state index in [0.29, 0.717) is 31.5 Å². The monoisotopic (exact) mass is 292 g/mol. The summed E-state index contributed by atoms with van der Waals surface area (Å²) in [5.74, 6) is -0.918. The van der Waals surface area contributed by atoms with E-state index in [1.807, 2.05) is 6.92 Å².